The van der Waals surface area contributed by atoms with Crippen molar-refractivity contribution in [3.8, 4) is 11.5 Å². The third-order valence-corrected chi connectivity index (χ3v) is 4.73. The summed E-state index contributed by atoms with van der Waals surface area (Å²) in [5.74, 6) is -0.218. The number of alkyl halides is 2. The quantitative estimate of drug-likeness (QED) is 0.597. The van der Waals surface area contributed by atoms with Crippen LogP contribution < -0.4 is 14.8 Å². The lowest BCUT2D eigenvalue weighted by Crippen LogP contribution is -2.31. The summed E-state index contributed by atoms with van der Waals surface area (Å²) in [6.07, 6.45) is 0.945. The summed E-state index contributed by atoms with van der Waals surface area (Å²) < 4.78 is 34.4. The average Bonchev–Trinajstić information content (AvgIpc) is 2.63. The van der Waals surface area contributed by atoms with Crippen LogP contribution in [0.15, 0.2) is 36.4 Å². The number of benzene rings is 2. The van der Waals surface area contributed by atoms with Gasteiger partial charge in [0.15, 0.2) is 11.5 Å². The highest BCUT2D eigenvalue weighted by molar-refractivity contribution is 6.35. The number of rotatable bonds is 9. The van der Waals surface area contributed by atoms with Crippen LogP contribution in [0.5, 0.6) is 11.5 Å². The third-order valence-electron chi connectivity index (χ3n) is 4.15. The van der Waals surface area contributed by atoms with E-state index in [0.717, 1.165) is 11.1 Å². The normalized spacial score (nSPS) is 12.0. The van der Waals surface area contributed by atoms with Crippen molar-refractivity contribution in [2.75, 3.05) is 13.7 Å². The molecule has 0 saturated heterocycles. The minimum absolute atomic E-state index is 0.0351. The van der Waals surface area contributed by atoms with Gasteiger partial charge in [0.05, 0.1) is 7.11 Å². The predicted molar refractivity (Wildman–Crippen MR) is 106 cm³/mol. The minimum Gasteiger partial charge on any atom is -0.493 e. The Balaban J connectivity index is 1.89. The Bertz CT molecular complexity index is 818. The fraction of sp³-hybridized carbons (Fsp3) is 0.350. The van der Waals surface area contributed by atoms with E-state index in [-0.39, 0.29) is 23.3 Å². The SMILES string of the molecule is COc1ccc(CCNC(=O)C(C)Cc2ccc(Cl)cc2Cl)cc1OC(F)F. The van der Waals surface area contributed by atoms with E-state index in [1.54, 1.807) is 30.3 Å². The van der Waals surface area contributed by atoms with Crippen LogP contribution in [0.3, 0.4) is 0 Å². The molecule has 0 fully saturated rings. The number of amides is 1. The van der Waals surface area contributed by atoms with Gasteiger partial charge in [-0.3, -0.25) is 4.79 Å². The van der Waals surface area contributed by atoms with Gasteiger partial charge in [-0.25, -0.2) is 0 Å². The Labute approximate surface area is 172 Å². The first-order chi connectivity index (χ1) is 13.3. The molecule has 2 aromatic carbocycles. The molecule has 1 amide bonds. The second-order valence-electron chi connectivity index (χ2n) is 6.25. The molecule has 0 aliphatic carbocycles. The summed E-state index contributed by atoms with van der Waals surface area (Å²) in [6, 6.07) is 9.95. The maximum atomic E-state index is 12.5. The van der Waals surface area contributed by atoms with Crippen molar-refractivity contribution >= 4 is 29.1 Å². The van der Waals surface area contributed by atoms with Crippen LogP contribution in [0.25, 0.3) is 0 Å². The fourth-order valence-electron chi connectivity index (χ4n) is 2.68. The zero-order valence-corrected chi connectivity index (χ0v) is 17.0. The standard InChI is InChI=1S/C20H21Cl2F2NO3/c1-12(9-14-4-5-15(21)11-16(14)22)19(26)25-8-7-13-3-6-17(27-2)18(10-13)28-20(23)24/h3-6,10-12,20H,7-9H2,1-2H3,(H,25,26). The van der Waals surface area contributed by atoms with E-state index >= 15 is 0 Å². The van der Waals surface area contributed by atoms with Gasteiger partial charge in [-0.15, -0.1) is 0 Å². The van der Waals surface area contributed by atoms with Gasteiger partial charge in [0.25, 0.3) is 0 Å². The highest BCUT2D eigenvalue weighted by Crippen LogP contribution is 2.29. The number of carbonyl (C=O) groups excluding carboxylic acids is 1. The van der Waals surface area contributed by atoms with Gasteiger partial charge in [0.2, 0.25) is 5.91 Å². The maximum absolute atomic E-state index is 12.5. The molecule has 0 aliphatic heterocycles. The number of methoxy groups -OCH3 is 1. The summed E-state index contributed by atoms with van der Waals surface area (Å²) in [7, 11) is 1.38. The first kappa shape index (κ1) is 22.2. The van der Waals surface area contributed by atoms with E-state index in [1.807, 2.05) is 6.92 Å². The summed E-state index contributed by atoms with van der Waals surface area (Å²) in [6.45, 7) is -0.774. The van der Waals surface area contributed by atoms with Gasteiger partial charge in [0, 0.05) is 22.5 Å². The topological polar surface area (TPSA) is 47.6 Å². The molecule has 2 rings (SSSR count). The molecule has 0 saturated carbocycles. The smallest absolute Gasteiger partial charge is 0.387 e. The Morgan fingerprint density at radius 3 is 2.54 bits per heavy atom. The van der Waals surface area contributed by atoms with Crippen LogP contribution in [0.4, 0.5) is 8.78 Å². The number of ether oxygens (including phenoxy) is 2. The first-order valence-corrected chi connectivity index (χ1v) is 9.39. The summed E-state index contributed by atoms with van der Waals surface area (Å²) in [4.78, 5) is 12.3. The van der Waals surface area contributed by atoms with Gasteiger partial charge in [0.1, 0.15) is 0 Å². The predicted octanol–water partition coefficient (Wildman–Crippen LogP) is 5.14. The molecule has 0 radical (unpaired) electrons. The Morgan fingerprint density at radius 2 is 1.89 bits per heavy atom. The first-order valence-electron chi connectivity index (χ1n) is 8.63. The molecule has 152 valence electrons. The van der Waals surface area contributed by atoms with Crippen LogP contribution >= 0.6 is 23.2 Å². The van der Waals surface area contributed by atoms with Crippen LogP contribution in [-0.2, 0) is 17.6 Å². The second kappa shape index (κ2) is 10.5. The van der Waals surface area contributed by atoms with E-state index in [0.29, 0.717) is 29.4 Å². The average molecular weight is 432 g/mol. The summed E-state index contributed by atoms with van der Waals surface area (Å²) in [5.41, 5.74) is 1.59. The molecule has 1 atom stereocenters. The van der Waals surface area contributed by atoms with Crippen LogP contribution in [-0.4, -0.2) is 26.2 Å². The molecule has 28 heavy (non-hydrogen) atoms. The molecule has 1 unspecified atom stereocenters. The molecule has 0 aromatic heterocycles. The molecule has 4 nitrogen and oxygen atoms in total. The molecule has 0 spiro atoms. The van der Waals surface area contributed by atoms with Gasteiger partial charge in [-0.2, -0.15) is 8.78 Å². The number of halogens is 4. The van der Waals surface area contributed by atoms with Crippen molar-refractivity contribution in [3.05, 3.63) is 57.6 Å². The van der Waals surface area contributed by atoms with Gasteiger partial charge in [-0.1, -0.05) is 42.3 Å². The molecular weight excluding hydrogens is 411 g/mol. The molecule has 8 heteroatoms. The van der Waals surface area contributed by atoms with Crippen molar-refractivity contribution < 1.29 is 23.0 Å². The largest absolute Gasteiger partial charge is 0.493 e. The van der Waals surface area contributed by atoms with Gasteiger partial charge >= 0.3 is 6.61 Å². The van der Waals surface area contributed by atoms with E-state index in [9.17, 15) is 13.6 Å². The Kier molecular flexibility index (Phi) is 8.33. The van der Waals surface area contributed by atoms with Crippen molar-refractivity contribution in [1.82, 2.24) is 5.32 Å². The fourth-order valence-corrected chi connectivity index (χ4v) is 3.16. The van der Waals surface area contributed by atoms with Crippen molar-refractivity contribution in [2.45, 2.75) is 26.4 Å². The van der Waals surface area contributed by atoms with Gasteiger partial charge in [-0.05, 0) is 48.2 Å². The third kappa shape index (κ3) is 6.53. The number of hydrogen-bond acceptors (Lipinski definition) is 3. The maximum Gasteiger partial charge on any atom is 0.387 e. The van der Waals surface area contributed by atoms with E-state index in [2.05, 4.69) is 10.1 Å². The van der Waals surface area contributed by atoms with E-state index in [4.69, 9.17) is 27.9 Å². The summed E-state index contributed by atoms with van der Waals surface area (Å²) >= 11 is 12.0. The van der Waals surface area contributed by atoms with Crippen molar-refractivity contribution in [1.29, 1.82) is 0 Å². The Hall–Kier alpha value is -2.05. The molecule has 2 aromatic rings. The van der Waals surface area contributed by atoms with Crippen LogP contribution in [0, 0.1) is 5.92 Å². The zero-order valence-electron chi connectivity index (χ0n) is 15.5. The van der Waals surface area contributed by atoms with Crippen LogP contribution in [0.1, 0.15) is 18.1 Å². The van der Waals surface area contributed by atoms with E-state index in [1.165, 1.54) is 13.2 Å². The second-order valence-corrected chi connectivity index (χ2v) is 7.09. The number of carbonyl (C=O) groups is 1. The lowest BCUT2D eigenvalue weighted by Gasteiger charge is -2.14. The van der Waals surface area contributed by atoms with Crippen LogP contribution in [0.2, 0.25) is 10.0 Å². The molecule has 1 N–H and O–H groups in total. The van der Waals surface area contributed by atoms with E-state index < -0.39 is 6.61 Å². The van der Waals surface area contributed by atoms with Gasteiger partial charge < -0.3 is 14.8 Å². The summed E-state index contributed by atoms with van der Waals surface area (Å²) in [5, 5.41) is 3.91. The van der Waals surface area contributed by atoms with Crippen molar-refractivity contribution in [2.24, 2.45) is 5.92 Å². The zero-order chi connectivity index (χ0) is 20.7. The molecular formula is C20H21Cl2F2NO3. The molecule has 0 aliphatic rings. The lowest BCUT2D eigenvalue weighted by molar-refractivity contribution is -0.124. The lowest BCUT2D eigenvalue weighted by atomic mass is 10.00. The van der Waals surface area contributed by atoms with Crippen molar-refractivity contribution in [3.63, 3.8) is 0 Å². The highest BCUT2D eigenvalue weighted by Gasteiger charge is 2.16. The monoisotopic (exact) mass is 431 g/mol. The molecule has 0 bridgehead atoms. The Morgan fingerprint density at radius 1 is 1.14 bits per heavy atom. The highest BCUT2D eigenvalue weighted by atomic mass is 35.5. The molecule has 0 heterocycles. The number of nitrogens with one attached hydrogen (secondary N) is 1. The number of hydrogen-bond donors (Lipinski definition) is 1. The minimum atomic E-state index is -2.94.